The Balaban J connectivity index is 1.28. The number of thioether (sulfide) groups is 1. The minimum atomic E-state index is -0.186. The highest BCUT2D eigenvalue weighted by Gasteiger charge is 2.36. The van der Waals surface area contributed by atoms with Crippen LogP contribution in [-0.4, -0.2) is 22.6 Å². The molecule has 0 atom stereocenters. The third-order valence-electron chi connectivity index (χ3n) is 6.55. The highest BCUT2D eigenvalue weighted by atomic mass is 79.9. The summed E-state index contributed by atoms with van der Waals surface area (Å²) in [5.74, 6) is 0.939. The van der Waals surface area contributed by atoms with Gasteiger partial charge in [0.05, 0.1) is 13.9 Å². The van der Waals surface area contributed by atoms with Gasteiger partial charge in [-0.15, -0.1) is 0 Å². The zero-order valence-electron chi connectivity index (χ0n) is 19.1. The minimum Gasteiger partial charge on any atom is -0.487 e. The summed E-state index contributed by atoms with van der Waals surface area (Å²) in [6.07, 6.45) is 7.61. The second-order valence-corrected chi connectivity index (χ2v) is 11.8. The molecule has 1 aliphatic heterocycles. The molecule has 3 aromatic carbocycles. The van der Waals surface area contributed by atoms with Gasteiger partial charge in [0.25, 0.3) is 11.1 Å². The van der Waals surface area contributed by atoms with Crippen molar-refractivity contribution < 1.29 is 14.3 Å². The fraction of sp³-hybridized carbons (Fsp3) is 0.286. The number of rotatable bonds is 6. The standard InChI is InChI=1S/C28H25Br2NO3S/c29-23-13-20(15-25-27(32)31(28(33)35-25)16-18-6-2-1-3-7-18)14-24(30)26(23)34-17-19-10-11-21-8-4-5-9-22(21)12-19/h4-5,8-15,18H,1-3,6-7,16-17H2/b25-15+. The molecule has 1 saturated carbocycles. The lowest BCUT2D eigenvalue weighted by Gasteiger charge is -2.25. The molecule has 1 aliphatic carbocycles. The number of hydrogen-bond donors (Lipinski definition) is 0. The lowest BCUT2D eigenvalue weighted by Crippen LogP contribution is -2.34. The molecule has 7 heteroatoms. The third kappa shape index (κ3) is 5.68. The molecule has 0 N–H and O–H groups in total. The molecule has 180 valence electrons. The van der Waals surface area contributed by atoms with Crippen LogP contribution in [0.25, 0.3) is 16.8 Å². The van der Waals surface area contributed by atoms with Crippen LogP contribution in [0.5, 0.6) is 5.75 Å². The topological polar surface area (TPSA) is 46.6 Å². The summed E-state index contributed by atoms with van der Waals surface area (Å²) in [5, 5.41) is 2.21. The van der Waals surface area contributed by atoms with Gasteiger partial charge < -0.3 is 4.74 Å². The lowest BCUT2D eigenvalue weighted by atomic mass is 9.89. The van der Waals surface area contributed by atoms with Gasteiger partial charge in [-0.2, -0.15) is 0 Å². The number of amides is 2. The Morgan fingerprint density at radius 2 is 1.66 bits per heavy atom. The van der Waals surface area contributed by atoms with E-state index in [1.165, 1.54) is 34.9 Å². The van der Waals surface area contributed by atoms with Crippen LogP contribution in [0.4, 0.5) is 4.79 Å². The molecule has 3 aromatic rings. The number of ether oxygens (including phenoxy) is 1. The van der Waals surface area contributed by atoms with E-state index in [9.17, 15) is 9.59 Å². The first kappa shape index (κ1) is 24.6. The Kier molecular flexibility index (Phi) is 7.65. The molecule has 4 nitrogen and oxygen atoms in total. The van der Waals surface area contributed by atoms with Crippen LogP contribution in [0.15, 0.2) is 68.4 Å². The van der Waals surface area contributed by atoms with Crippen molar-refractivity contribution in [3.63, 3.8) is 0 Å². The Bertz CT molecular complexity index is 1290. The molecule has 0 aromatic heterocycles. The number of carbonyl (C=O) groups excluding carboxylic acids is 2. The summed E-state index contributed by atoms with van der Waals surface area (Å²) in [6, 6.07) is 18.4. The quantitative estimate of drug-likeness (QED) is 0.261. The summed E-state index contributed by atoms with van der Waals surface area (Å²) < 4.78 is 7.67. The van der Waals surface area contributed by atoms with Gasteiger partial charge in [0.2, 0.25) is 0 Å². The number of carbonyl (C=O) groups is 2. The summed E-state index contributed by atoms with van der Waals surface area (Å²) in [6.45, 7) is 0.971. The van der Waals surface area contributed by atoms with E-state index >= 15 is 0 Å². The van der Waals surface area contributed by atoms with E-state index < -0.39 is 0 Å². The highest BCUT2D eigenvalue weighted by Crippen LogP contribution is 2.39. The second kappa shape index (κ2) is 10.9. The molecule has 1 saturated heterocycles. The molecule has 0 unspecified atom stereocenters. The predicted octanol–water partition coefficient (Wildman–Crippen LogP) is 8.56. The van der Waals surface area contributed by atoms with Crippen molar-refractivity contribution in [3.05, 3.63) is 79.6 Å². The molecule has 2 fully saturated rings. The molecule has 2 aliphatic rings. The predicted molar refractivity (Wildman–Crippen MR) is 149 cm³/mol. The molecule has 0 spiro atoms. The normalized spacial score (nSPS) is 18.1. The van der Waals surface area contributed by atoms with Gasteiger partial charge >= 0.3 is 0 Å². The molecule has 2 amide bonds. The smallest absolute Gasteiger partial charge is 0.293 e. The van der Waals surface area contributed by atoms with Crippen molar-refractivity contribution in [3.8, 4) is 5.75 Å². The molecule has 35 heavy (non-hydrogen) atoms. The molecule has 5 rings (SSSR count). The monoisotopic (exact) mass is 613 g/mol. The van der Waals surface area contributed by atoms with Gasteiger partial charge in [-0.1, -0.05) is 55.7 Å². The lowest BCUT2D eigenvalue weighted by molar-refractivity contribution is -0.123. The Labute approximate surface area is 226 Å². The Morgan fingerprint density at radius 3 is 2.40 bits per heavy atom. The summed E-state index contributed by atoms with van der Waals surface area (Å²) >= 11 is 8.25. The molecular formula is C28H25Br2NO3S. The van der Waals surface area contributed by atoms with Crippen LogP contribution >= 0.6 is 43.6 Å². The van der Waals surface area contributed by atoms with Gasteiger partial charge in [-0.25, -0.2) is 0 Å². The van der Waals surface area contributed by atoms with Crippen LogP contribution in [0.1, 0.15) is 43.2 Å². The zero-order chi connectivity index (χ0) is 24.4. The van der Waals surface area contributed by atoms with E-state index in [1.54, 1.807) is 6.08 Å². The van der Waals surface area contributed by atoms with Gasteiger partial charge in [-0.3, -0.25) is 14.5 Å². The van der Waals surface area contributed by atoms with Crippen LogP contribution in [0.3, 0.4) is 0 Å². The number of nitrogens with zero attached hydrogens (tertiary/aromatic N) is 1. The van der Waals surface area contributed by atoms with Crippen LogP contribution in [-0.2, 0) is 11.4 Å². The van der Waals surface area contributed by atoms with Gasteiger partial charge in [0, 0.05) is 6.54 Å². The minimum absolute atomic E-state index is 0.166. The van der Waals surface area contributed by atoms with Gasteiger partial charge in [-0.05, 0) is 109 Å². The first-order valence-electron chi connectivity index (χ1n) is 11.8. The highest BCUT2D eigenvalue weighted by molar-refractivity contribution is 9.11. The fourth-order valence-electron chi connectivity index (χ4n) is 4.72. The van der Waals surface area contributed by atoms with Crippen molar-refractivity contribution in [2.75, 3.05) is 6.54 Å². The van der Waals surface area contributed by atoms with Crippen LogP contribution in [0.2, 0.25) is 0 Å². The number of hydrogen-bond acceptors (Lipinski definition) is 4. The van der Waals surface area contributed by atoms with Gasteiger partial charge in [0.15, 0.2) is 0 Å². The van der Waals surface area contributed by atoms with E-state index in [0.29, 0.717) is 29.7 Å². The largest absolute Gasteiger partial charge is 0.487 e. The van der Waals surface area contributed by atoms with E-state index in [4.69, 9.17) is 4.74 Å². The molecule has 1 heterocycles. The Morgan fingerprint density at radius 1 is 0.943 bits per heavy atom. The van der Waals surface area contributed by atoms with Crippen LogP contribution in [0, 0.1) is 5.92 Å². The van der Waals surface area contributed by atoms with Crippen LogP contribution < -0.4 is 4.74 Å². The molecular weight excluding hydrogens is 590 g/mol. The van der Waals surface area contributed by atoms with E-state index in [0.717, 1.165) is 44.7 Å². The first-order chi connectivity index (χ1) is 17.0. The second-order valence-electron chi connectivity index (χ2n) is 9.08. The zero-order valence-corrected chi connectivity index (χ0v) is 23.1. The van der Waals surface area contributed by atoms with Crippen molar-refractivity contribution in [2.24, 2.45) is 5.92 Å². The third-order valence-corrected chi connectivity index (χ3v) is 8.64. The van der Waals surface area contributed by atoms with Crippen molar-refractivity contribution in [2.45, 2.75) is 38.7 Å². The summed E-state index contributed by atoms with van der Waals surface area (Å²) in [7, 11) is 0. The number of benzene rings is 3. The van der Waals surface area contributed by atoms with Crippen molar-refractivity contribution in [1.29, 1.82) is 0 Å². The number of fused-ring (bicyclic) bond motifs is 1. The number of halogens is 2. The van der Waals surface area contributed by atoms with Crippen molar-refractivity contribution in [1.82, 2.24) is 4.90 Å². The van der Waals surface area contributed by atoms with Gasteiger partial charge in [0.1, 0.15) is 12.4 Å². The average molecular weight is 615 g/mol. The van der Waals surface area contributed by atoms with E-state index in [2.05, 4.69) is 62.2 Å². The average Bonchev–Trinajstić information content (AvgIpc) is 3.11. The maximum atomic E-state index is 13.0. The summed E-state index contributed by atoms with van der Waals surface area (Å²) in [5.41, 5.74) is 1.91. The van der Waals surface area contributed by atoms with E-state index in [-0.39, 0.29) is 11.1 Å². The SMILES string of the molecule is O=C1S/C(=C/c2cc(Br)c(OCc3ccc4ccccc4c3)c(Br)c2)C(=O)N1CC1CCCCC1. The molecule has 0 radical (unpaired) electrons. The Hall–Kier alpha value is -2.09. The maximum absolute atomic E-state index is 13.0. The van der Waals surface area contributed by atoms with E-state index in [1.807, 2.05) is 24.3 Å². The fourth-order valence-corrected chi connectivity index (χ4v) is 7.02. The first-order valence-corrected chi connectivity index (χ1v) is 14.2. The molecule has 0 bridgehead atoms. The number of imide groups is 1. The van der Waals surface area contributed by atoms with Crippen molar-refractivity contribution >= 4 is 71.6 Å². The maximum Gasteiger partial charge on any atom is 0.293 e. The summed E-state index contributed by atoms with van der Waals surface area (Å²) in [4.78, 5) is 27.4.